The number of nitro benzene ring substituents is 1. The van der Waals surface area contributed by atoms with Crippen LogP contribution in [0.5, 0.6) is 0 Å². The van der Waals surface area contributed by atoms with Gasteiger partial charge in [0.2, 0.25) is 0 Å². The van der Waals surface area contributed by atoms with E-state index in [-0.39, 0.29) is 25.3 Å². The molecule has 0 aromatic heterocycles. The zero-order valence-corrected chi connectivity index (χ0v) is 17.2. The summed E-state index contributed by atoms with van der Waals surface area (Å²) in [5.74, 6) is -1.76. The number of ether oxygens (including phenoxy) is 2. The molecule has 4 rings (SSSR count). The van der Waals surface area contributed by atoms with Crippen molar-refractivity contribution in [2.45, 2.75) is 25.6 Å². The minimum absolute atomic E-state index is 0.0420. The van der Waals surface area contributed by atoms with Crippen LogP contribution >= 0.6 is 0 Å². The summed E-state index contributed by atoms with van der Waals surface area (Å²) in [5.41, 5.74) is 0.754. The summed E-state index contributed by atoms with van der Waals surface area (Å²) in [6.45, 7) is 0.0841. The van der Waals surface area contributed by atoms with E-state index in [0.717, 1.165) is 11.1 Å². The van der Waals surface area contributed by atoms with Crippen molar-refractivity contribution in [1.82, 2.24) is 0 Å². The number of carbonyl (C=O) groups is 2. The first-order chi connectivity index (χ1) is 15.5. The van der Waals surface area contributed by atoms with Crippen molar-refractivity contribution in [3.8, 4) is 0 Å². The quantitative estimate of drug-likeness (QED) is 0.225. The van der Waals surface area contributed by atoms with Gasteiger partial charge in [0.15, 0.2) is 5.41 Å². The fourth-order valence-corrected chi connectivity index (χ4v) is 3.73. The Morgan fingerprint density at radius 3 is 1.72 bits per heavy atom. The van der Waals surface area contributed by atoms with Gasteiger partial charge in [-0.15, -0.1) is 0 Å². The molecule has 1 saturated carbocycles. The highest BCUT2D eigenvalue weighted by Gasteiger charge is 2.68. The predicted octanol–water partition coefficient (Wildman–Crippen LogP) is 4.56. The molecule has 0 aliphatic heterocycles. The van der Waals surface area contributed by atoms with E-state index in [1.165, 1.54) is 12.1 Å². The highest BCUT2D eigenvalue weighted by Crippen LogP contribution is 2.61. The van der Waals surface area contributed by atoms with Crippen molar-refractivity contribution in [2.24, 2.45) is 5.41 Å². The van der Waals surface area contributed by atoms with Gasteiger partial charge < -0.3 is 9.47 Å². The van der Waals surface area contributed by atoms with Crippen LogP contribution in [0.3, 0.4) is 0 Å². The van der Waals surface area contributed by atoms with Crippen molar-refractivity contribution in [3.05, 3.63) is 112 Å². The molecule has 1 unspecified atom stereocenters. The number of nitro groups is 1. The Bertz CT molecular complexity index is 1060. The second-order valence-corrected chi connectivity index (χ2v) is 7.70. The number of esters is 2. The molecule has 0 spiro atoms. The molecule has 3 aromatic carbocycles. The third kappa shape index (κ3) is 4.37. The Kier molecular flexibility index (Phi) is 5.98. The Hall–Kier alpha value is -4.00. The molecule has 7 nitrogen and oxygen atoms in total. The molecule has 1 aliphatic rings. The summed E-state index contributed by atoms with van der Waals surface area (Å²) in [6, 6.07) is 24.2. The smallest absolute Gasteiger partial charge is 0.324 e. The molecule has 7 heteroatoms. The van der Waals surface area contributed by atoms with Crippen LogP contribution in [0, 0.1) is 15.5 Å². The highest BCUT2D eigenvalue weighted by molar-refractivity contribution is 6.05. The Balaban J connectivity index is 1.53. The Morgan fingerprint density at radius 2 is 1.28 bits per heavy atom. The normalized spacial score (nSPS) is 16.1. The zero-order chi connectivity index (χ0) is 22.6. The van der Waals surface area contributed by atoms with Crippen LogP contribution in [0.4, 0.5) is 5.69 Å². The van der Waals surface area contributed by atoms with Gasteiger partial charge in [-0.2, -0.15) is 0 Å². The van der Waals surface area contributed by atoms with Gasteiger partial charge >= 0.3 is 11.9 Å². The lowest BCUT2D eigenvalue weighted by Gasteiger charge is -2.16. The second kappa shape index (κ2) is 9.01. The maximum atomic E-state index is 13.1. The van der Waals surface area contributed by atoms with E-state index in [2.05, 4.69) is 0 Å². The third-order valence-corrected chi connectivity index (χ3v) is 5.62. The van der Waals surface area contributed by atoms with Gasteiger partial charge in [-0.3, -0.25) is 19.7 Å². The Morgan fingerprint density at radius 1 is 0.812 bits per heavy atom. The minimum Gasteiger partial charge on any atom is -0.460 e. The van der Waals surface area contributed by atoms with Gasteiger partial charge in [0, 0.05) is 18.1 Å². The fourth-order valence-electron chi connectivity index (χ4n) is 3.73. The number of non-ortho nitro benzene ring substituents is 1. The first kappa shape index (κ1) is 21.2. The molecule has 0 radical (unpaired) electrons. The van der Waals surface area contributed by atoms with Crippen molar-refractivity contribution in [1.29, 1.82) is 0 Å². The van der Waals surface area contributed by atoms with Crippen molar-refractivity contribution in [2.75, 3.05) is 0 Å². The maximum absolute atomic E-state index is 13.1. The fraction of sp³-hybridized carbons (Fsp3) is 0.200. The lowest BCUT2D eigenvalue weighted by Crippen LogP contribution is -2.31. The van der Waals surface area contributed by atoms with E-state index in [4.69, 9.17) is 9.47 Å². The van der Waals surface area contributed by atoms with Gasteiger partial charge in [0.05, 0.1) is 4.92 Å². The molecule has 1 atom stereocenters. The largest absolute Gasteiger partial charge is 0.460 e. The average molecular weight is 431 g/mol. The molecule has 0 amide bonds. The van der Waals surface area contributed by atoms with E-state index >= 15 is 0 Å². The molecule has 0 heterocycles. The summed E-state index contributed by atoms with van der Waals surface area (Å²) in [5, 5.41) is 10.9. The number of hydrogen-bond acceptors (Lipinski definition) is 6. The summed E-state index contributed by atoms with van der Waals surface area (Å²) < 4.78 is 11.0. The molecule has 32 heavy (non-hydrogen) atoms. The van der Waals surface area contributed by atoms with E-state index in [1.807, 2.05) is 60.7 Å². The van der Waals surface area contributed by atoms with Gasteiger partial charge in [0.1, 0.15) is 13.2 Å². The van der Waals surface area contributed by atoms with E-state index in [9.17, 15) is 19.7 Å². The lowest BCUT2D eigenvalue weighted by atomic mass is 9.99. The van der Waals surface area contributed by atoms with E-state index in [1.54, 1.807) is 12.1 Å². The zero-order valence-electron chi connectivity index (χ0n) is 17.2. The molecule has 3 aromatic rings. The summed E-state index contributed by atoms with van der Waals surface area (Å²) in [7, 11) is 0. The summed E-state index contributed by atoms with van der Waals surface area (Å²) >= 11 is 0. The maximum Gasteiger partial charge on any atom is 0.324 e. The highest BCUT2D eigenvalue weighted by atomic mass is 16.6. The first-order valence-electron chi connectivity index (χ1n) is 10.2. The molecule has 0 bridgehead atoms. The number of rotatable bonds is 8. The molecule has 0 saturated heterocycles. The van der Waals surface area contributed by atoms with Gasteiger partial charge in [-0.05, 0) is 23.1 Å². The van der Waals surface area contributed by atoms with Crippen LogP contribution in [0.2, 0.25) is 0 Å². The Labute approximate surface area is 184 Å². The minimum atomic E-state index is -1.46. The predicted molar refractivity (Wildman–Crippen MR) is 115 cm³/mol. The molecule has 162 valence electrons. The van der Waals surface area contributed by atoms with Crippen LogP contribution in [-0.2, 0) is 32.3 Å². The van der Waals surface area contributed by atoms with Crippen LogP contribution < -0.4 is 0 Å². The molecule has 0 N–H and O–H groups in total. The lowest BCUT2D eigenvalue weighted by molar-refractivity contribution is -0.384. The SMILES string of the molecule is O=C(OCc1ccccc1)C1(C(=O)OCc2ccccc2)CC1c1ccc([N+](=O)[O-])cc1. The van der Waals surface area contributed by atoms with Crippen LogP contribution in [-0.4, -0.2) is 16.9 Å². The van der Waals surface area contributed by atoms with Crippen LogP contribution in [0.25, 0.3) is 0 Å². The van der Waals surface area contributed by atoms with Gasteiger partial charge in [-0.25, -0.2) is 0 Å². The topological polar surface area (TPSA) is 95.7 Å². The standard InChI is InChI=1S/C25H21NO6/c27-23(31-16-18-7-3-1-4-8-18)25(24(28)32-17-19-9-5-2-6-10-19)15-22(25)20-11-13-21(14-12-20)26(29)30/h1-14,22H,15-17H2. The summed E-state index contributed by atoms with van der Waals surface area (Å²) in [4.78, 5) is 36.6. The summed E-state index contributed by atoms with van der Waals surface area (Å²) in [6.07, 6.45) is 0.228. The molecule has 1 aliphatic carbocycles. The second-order valence-electron chi connectivity index (χ2n) is 7.70. The molecular weight excluding hydrogens is 410 g/mol. The monoisotopic (exact) mass is 431 g/mol. The van der Waals surface area contributed by atoms with Crippen molar-refractivity contribution in [3.63, 3.8) is 0 Å². The number of carbonyl (C=O) groups excluding carboxylic acids is 2. The molecular formula is C25H21NO6. The number of nitrogens with zero attached hydrogens (tertiary/aromatic N) is 1. The van der Waals surface area contributed by atoms with Gasteiger partial charge in [0.25, 0.3) is 5.69 Å². The van der Waals surface area contributed by atoms with Crippen LogP contribution in [0.15, 0.2) is 84.9 Å². The van der Waals surface area contributed by atoms with Crippen molar-refractivity contribution < 1.29 is 24.0 Å². The third-order valence-electron chi connectivity index (χ3n) is 5.62. The molecule has 1 fully saturated rings. The number of benzene rings is 3. The van der Waals surface area contributed by atoms with Crippen molar-refractivity contribution >= 4 is 17.6 Å². The van der Waals surface area contributed by atoms with Crippen LogP contribution in [0.1, 0.15) is 29.0 Å². The number of hydrogen-bond donors (Lipinski definition) is 0. The van der Waals surface area contributed by atoms with Gasteiger partial charge in [-0.1, -0.05) is 72.8 Å². The van der Waals surface area contributed by atoms with E-state index in [0.29, 0.717) is 5.56 Å². The first-order valence-corrected chi connectivity index (χ1v) is 10.2. The average Bonchev–Trinajstić information content (AvgIpc) is 3.59. The van der Waals surface area contributed by atoms with E-state index < -0.39 is 28.2 Å².